The lowest BCUT2D eigenvalue weighted by Gasteiger charge is -2.38. The largest absolute Gasteiger partial charge is 0.481 e. The first-order valence-corrected chi connectivity index (χ1v) is 5.04. The summed E-state index contributed by atoms with van der Waals surface area (Å²) in [4.78, 5) is 11.2. The maximum atomic E-state index is 13.1. The van der Waals surface area contributed by atoms with E-state index in [2.05, 4.69) is 0 Å². The van der Waals surface area contributed by atoms with Crippen molar-refractivity contribution in [2.75, 3.05) is 0 Å². The Morgan fingerprint density at radius 2 is 2.19 bits per heavy atom. The zero-order valence-corrected chi connectivity index (χ0v) is 8.53. The van der Waals surface area contributed by atoms with Gasteiger partial charge in [-0.05, 0) is 30.5 Å². The molecule has 0 amide bonds. The van der Waals surface area contributed by atoms with Crippen LogP contribution in [0.3, 0.4) is 0 Å². The minimum absolute atomic E-state index is 0.0926. The van der Waals surface area contributed by atoms with Gasteiger partial charge in [-0.2, -0.15) is 5.26 Å². The first-order chi connectivity index (χ1) is 7.60. The number of halogens is 1. The highest BCUT2D eigenvalue weighted by atomic mass is 19.1. The highest BCUT2D eigenvalue weighted by molar-refractivity contribution is 5.82. The van der Waals surface area contributed by atoms with Gasteiger partial charge in [0.2, 0.25) is 0 Å². The number of carbonyl (C=O) groups is 1. The lowest BCUT2D eigenvalue weighted by molar-refractivity contribution is -0.147. The van der Waals surface area contributed by atoms with Crippen LogP contribution in [-0.4, -0.2) is 11.1 Å². The highest BCUT2D eigenvalue weighted by Gasteiger charge is 2.46. The second-order valence-corrected chi connectivity index (χ2v) is 4.05. The van der Waals surface area contributed by atoms with E-state index in [9.17, 15) is 14.3 Å². The summed E-state index contributed by atoms with van der Waals surface area (Å²) in [5.41, 5.74) is -0.464. The molecule has 4 heteroatoms. The molecule has 1 N–H and O–H groups in total. The van der Waals surface area contributed by atoms with E-state index in [1.807, 2.05) is 0 Å². The van der Waals surface area contributed by atoms with Gasteiger partial charge in [0.1, 0.15) is 11.9 Å². The van der Waals surface area contributed by atoms with Gasteiger partial charge in [-0.3, -0.25) is 4.79 Å². The van der Waals surface area contributed by atoms with Gasteiger partial charge >= 0.3 is 5.97 Å². The van der Waals surface area contributed by atoms with Gasteiger partial charge in [0, 0.05) is 0 Å². The van der Waals surface area contributed by atoms with E-state index in [4.69, 9.17) is 5.26 Å². The molecule has 3 nitrogen and oxygen atoms in total. The molecule has 0 aliphatic heterocycles. The maximum Gasteiger partial charge on any atom is 0.314 e. The van der Waals surface area contributed by atoms with E-state index in [1.54, 1.807) is 6.07 Å². The molecule has 82 valence electrons. The van der Waals surface area contributed by atoms with E-state index >= 15 is 0 Å². The number of nitrogens with zero attached hydrogens (tertiary/aromatic N) is 1. The van der Waals surface area contributed by atoms with E-state index in [0.717, 1.165) is 12.5 Å². The normalized spacial score (nSPS) is 17.2. The lowest BCUT2D eigenvalue weighted by atomic mass is 9.64. The Balaban J connectivity index is 2.49. The summed E-state index contributed by atoms with van der Waals surface area (Å²) < 4.78 is 13.1. The number of nitriles is 1. The number of carboxylic acids is 1. The Labute approximate surface area is 92.1 Å². The second kappa shape index (κ2) is 3.60. The highest BCUT2D eigenvalue weighted by Crippen LogP contribution is 2.44. The maximum absolute atomic E-state index is 13.1. The van der Waals surface area contributed by atoms with Crippen LogP contribution in [0, 0.1) is 17.1 Å². The number of benzene rings is 1. The molecule has 0 aromatic heterocycles. The van der Waals surface area contributed by atoms with E-state index in [0.29, 0.717) is 18.4 Å². The van der Waals surface area contributed by atoms with Crippen LogP contribution in [0.4, 0.5) is 4.39 Å². The van der Waals surface area contributed by atoms with E-state index in [1.165, 1.54) is 12.1 Å². The van der Waals surface area contributed by atoms with Crippen LogP contribution in [0.2, 0.25) is 0 Å². The van der Waals surface area contributed by atoms with Gasteiger partial charge in [-0.1, -0.05) is 12.5 Å². The molecule has 0 heterocycles. The Hall–Kier alpha value is -1.89. The molecule has 0 radical (unpaired) electrons. The zero-order chi connectivity index (χ0) is 11.8. The molecule has 1 aliphatic carbocycles. The van der Waals surface area contributed by atoms with Crippen LogP contribution in [0.15, 0.2) is 18.2 Å². The van der Waals surface area contributed by atoms with Crippen molar-refractivity contribution in [3.05, 3.63) is 35.1 Å². The third-order valence-corrected chi connectivity index (χ3v) is 3.26. The van der Waals surface area contributed by atoms with Crippen molar-refractivity contribution in [1.29, 1.82) is 5.26 Å². The zero-order valence-electron chi connectivity index (χ0n) is 8.53. The van der Waals surface area contributed by atoms with Crippen LogP contribution in [0.1, 0.15) is 30.4 Å². The topological polar surface area (TPSA) is 61.1 Å². The summed E-state index contributed by atoms with van der Waals surface area (Å²) in [7, 11) is 0. The molecule has 0 atom stereocenters. The van der Waals surface area contributed by atoms with Gasteiger partial charge < -0.3 is 5.11 Å². The summed E-state index contributed by atoms with van der Waals surface area (Å²) in [5, 5.41) is 17.9. The number of aliphatic carboxylic acids is 1. The molecule has 2 rings (SSSR count). The van der Waals surface area contributed by atoms with Crippen LogP contribution in [0.5, 0.6) is 0 Å². The number of rotatable bonds is 2. The molecular formula is C12H10FNO2. The van der Waals surface area contributed by atoms with Gasteiger partial charge in [0.15, 0.2) is 0 Å². The Morgan fingerprint density at radius 3 is 2.62 bits per heavy atom. The number of hydrogen-bond acceptors (Lipinski definition) is 2. The molecule has 0 spiro atoms. The first-order valence-electron chi connectivity index (χ1n) is 5.04. The fraction of sp³-hybridized carbons (Fsp3) is 0.333. The first kappa shape index (κ1) is 10.6. The minimum Gasteiger partial charge on any atom is -0.481 e. The van der Waals surface area contributed by atoms with Crippen LogP contribution in [-0.2, 0) is 10.2 Å². The van der Waals surface area contributed by atoms with Gasteiger partial charge in [-0.25, -0.2) is 4.39 Å². The average molecular weight is 219 g/mol. The van der Waals surface area contributed by atoms with Crippen LogP contribution < -0.4 is 0 Å². The van der Waals surface area contributed by atoms with E-state index < -0.39 is 17.2 Å². The third-order valence-electron chi connectivity index (χ3n) is 3.26. The Morgan fingerprint density at radius 1 is 1.50 bits per heavy atom. The predicted octanol–water partition coefficient (Wildman–Crippen LogP) is 2.20. The van der Waals surface area contributed by atoms with Crippen LogP contribution in [0.25, 0.3) is 0 Å². The van der Waals surface area contributed by atoms with Gasteiger partial charge in [0.05, 0.1) is 11.0 Å². The smallest absolute Gasteiger partial charge is 0.314 e. The van der Waals surface area contributed by atoms with Crippen molar-refractivity contribution in [2.24, 2.45) is 0 Å². The standard InChI is InChI=1S/C12H10FNO2/c13-10-3-2-9(6-8(10)7-14)12(11(15)16)4-1-5-12/h2-3,6H,1,4-5H2,(H,15,16). The molecule has 16 heavy (non-hydrogen) atoms. The third kappa shape index (κ3) is 1.36. The van der Waals surface area contributed by atoms with Crippen molar-refractivity contribution in [2.45, 2.75) is 24.7 Å². The Kier molecular flexibility index (Phi) is 2.39. The fourth-order valence-electron chi connectivity index (χ4n) is 2.06. The Bertz CT molecular complexity index is 486. The minimum atomic E-state index is -0.903. The summed E-state index contributed by atoms with van der Waals surface area (Å²) in [6, 6.07) is 5.70. The SMILES string of the molecule is N#Cc1cc(C2(C(=O)O)CCC2)ccc1F. The molecule has 0 bridgehead atoms. The van der Waals surface area contributed by atoms with E-state index in [-0.39, 0.29) is 5.56 Å². The average Bonchev–Trinajstić information content (AvgIpc) is 2.18. The quantitative estimate of drug-likeness (QED) is 0.829. The number of carboxylic acid groups (broad SMARTS) is 1. The molecule has 1 aromatic carbocycles. The summed E-state index contributed by atoms with van der Waals surface area (Å²) >= 11 is 0. The predicted molar refractivity (Wildman–Crippen MR) is 54.3 cm³/mol. The van der Waals surface area contributed by atoms with Crippen LogP contribution >= 0.6 is 0 Å². The number of hydrogen-bond donors (Lipinski definition) is 1. The summed E-state index contributed by atoms with van der Waals surface area (Å²) in [6.45, 7) is 0. The van der Waals surface area contributed by atoms with Crippen molar-refractivity contribution in [1.82, 2.24) is 0 Å². The molecule has 1 aliphatic rings. The van der Waals surface area contributed by atoms with Crippen molar-refractivity contribution >= 4 is 5.97 Å². The molecule has 1 fully saturated rings. The fourth-order valence-corrected chi connectivity index (χ4v) is 2.06. The summed E-state index contributed by atoms with van der Waals surface area (Å²) in [5.74, 6) is -1.50. The van der Waals surface area contributed by atoms with Gasteiger partial charge in [0.25, 0.3) is 0 Å². The molecule has 0 saturated heterocycles. The lowest BCUT2D eigenvalue weighted by Crippen LogP contribution is -2.42. The molecule has 1 saturated carbocycles. The molecule has 1 aromatic rings. The monoisotopic (exact) mass is 219 g/mol. The van der Waals surface area contributed by atoms with Crippen molar-refractivity contribution in [3.8, 4) is 6.07 Å². The van der Waals surface area contributed by atoms with Crippen molar-refractivity contribution < 1.29 is 14.3 Å². The second-order valence-electron chi connectivity index (χ2n) is 4.05. The summed E-state index contributed by atoms with van der Waals surface area (Å²) in [6.07, 6.45) is 1.96. The van der Waals surface area contributed by atoms with Gasteiger partial charge in [-0.15, -0.1) is 0 Å². The molecular weight excluding hydrogens is 209 g/mol. The van der Waals surface area contributed by atoms with Crippen molar-refractivity contribution in [3.63, 3.8) is 0 Å². The molecule has 0 unspecified atom stereocenters.